The average Bonchev–Trinajstić information content (AvgIpc) is 2.72. The van der Waals surface area contributed by atoms with Crippen molar-refractivity contribution < 1.29 is 9.18 Å². The first-order chi connectivity index (χ1) is 7.76. The van der Waals surface area contributed by atoms with Crippen molar-refractivity contribution in [2.75, 3.05) is 0 Å². The molecule has 1 heterocycles. The number of carbonyl (C=O) groups excluding carboxylic acids is 1. The summed E-state index contributed by atoms with van der Waals surface area (Å²) in [7, 11) is 0. The van der Waals surface area contributed by atoms with Crippen molar-refractivity contribution in [2.24, 2.45) is 0 Å². The quantitative estimate of drug-likeness (QED) is 0.764. The van der Waals surface area contributed by atoms with E-state index in [4.69, 9.17) is 0 Å². The molecule has 0 radical (unpaired) electrons. The standard InChI is InChI=1S/C12H10FNOS/c1-2-10-11(7-15)16-12(14-10)8-5-3-4-6-9(8)13/h3-7H,2H2,1H3. The Balaban J connectivity index is 2.53. The highest BCUT2D eigenvalue weighted by Gasteiger charge is 2.13. The maximum Gasteiger partial charge on any atom is 0.161 e. The topological polar surface area (TPSA) is 30.0 Å². The molecular weight excluding hydrogens is 225 g/mol. The molecule has 0 saturated carbocycles. The normalized spacial score (nSPS) is 10.4. The number of hydrogen-bond acceptors (Lipinski definition) is 3. The van der Waals surface area contributed by atoms with Gasteiger partial charge in [-0.1, -0.05) is 19.1 Å². The van der Waals surface area contributed by atoms with Crippen LogP contribution in [0.2, 0.25) is 0 Å². The molecule has 0 fully saturated rings. The van der Waals surface area contributed by atoms with Gasteiger partial charge in [-0.05, 0) is 18.6 Å². The van der Waals surface area contributed by atoms with Crippen LogP contribution in [-0.2, 0) is 6.42 Å². The zero-order valence-electron chi connectivity index (χ0n) is 8.74. The molecule has 4 heteroatoms. The van der Waals surface area contributed by atoms with Crippen molar-refractivity contribution in [2.45, 2.75) is 13.3 Å². The van der Waals surface area contributed by atoms with Gasteiger partial charge in [-0.25, -0.2) is 9.37 Å². The lowest BCUT2D eigenvalue weighted by atomic mass is 10.2. The van der Waals surface area contributed by atoms with E-state index >= 15 is 0 Å². The van der Waals surface area contributed by atoms with Gasteiger partial charge in [-0.2, -0.15) is 0 Å². The first-order valence-corrected chi connectivity index (χ1v) is 5.77. The fourth-order valence-electron chi connectivity index (χ4n) is 1.46. The number of aldehydes is 1. The van der Waals surface area contributed by atoms with Gasteiger partial charge in [0.05, 0.1) is 10.6 Å². The van der Waals surface area contributed by atoms with Gasteiger partial charge < -0.3 is 0 Å². The lowest BCUT2D eigenvalue weighted by Crippen LogP contribution is -1.86. The molecule has 0 saturated heterocycles. The minimum Gasteiger partial charge on any atom is -0.297 e. The van der Waals surface area contributed by atoms with Crippen LogP contribution in [0.5, 0.6) is 0 Å². The van der Waals surface area contributed by atoms with E-state index in [1.54, 1.807) is 18.2 Å². The molecule has 2 rings (SSSR count). The Hall–Kier alpha value is -1.55. The number of aryl methyl sites for hydroxylation is 1. The number of aromatic nitrogens is 1. The molecule has 0 atom stereocenters. The van der Waals surface area contributed by atoms with E-state index in [1.165, 1.54) is 17.4 Å². The highest BCUT2D eigenvalue weighted by molar-refractivity contribution is 7.16. The third-order valence-electron chi connectivity index (χ3n) is 2.27. The Morgan fingerprint density at radius 3 is 2.75 bits per heavy atom. The van der Waals surface area contributed by atoms with Gasteiger partial charge in [0.2, 0.25) is 0 Å². The Labute approximate surface area is 96.8 Å². The number of benzene rings is 1. The van der Waals surface area contributed by atoms with Gasteiger partial charge >= 0.3 is 0 Å². The molecule has 0 N–H and O–H groups in total. The monoisotopic (exact) mass is 235 g/mol. The van der Waals surface area contributed by atoms with E-state index in [0.717, 1.165) is 12.0 Å². The van der Waals surface area contributed by atoms with Crippen LogP contribution in [0.1, 0.15) is 22.3 Å². The Morgan fingerprint density at radius 1 is 1.44 bits per heavy atom. The Bertz CT molecular complexity index is 521. The van der Waals surface area contributed by atoms with E-state index < -0.39 is 0 Å². The molecule has 82 valence electrons. The molecule has 0 aliphatic heterocycles. The maximum atomic E-state index is 13.5. The first kappa shape index (κ1) is 11.0. The molecule has 1 aromatic carbocycles. The lowest BCUT2D eigenvalue weighted by Gasteiger charge is -1.96. The SMILES string of the molecule is CCc1nc(-c2ccccc2F)sc1C=O. The summed E-state index contributed by atoms with van der Waals surface area (Å²) in [6, 6.07) is 6.45. The van der Waals surface area contributed by atoms with Crippen LogP contribution in [0.3, 0.4) is 0 Å². The minimum atomic E-state index is -0.309. The van der Waals surface area contributed by atoms with Crippen LogP contribution in [0.15, 0.2) is 24.3 Å². The summed E-state index contributed by atoms with van der Waals surface area (Å²) in [6.45, 7) is 1.92. The van der Waals surface area contributed by atoms with Crippen molar-refractivity contribution in [3.05, 3.63) is 40.7 Å². The summed E-state index contributed by atoms with van der Waals surface area (Å²) < 4.78 is 13.5. The number of rotatable bonds is 3. The van der Waals surface area contributed by atoms with Crippen molar-refractivity contribution >= 4 is 17.6 Å². The molecular formula is C12H10FNOS. The van der Waals surface area contributed by atoms with Crippen LogP contribution >= 0.6 is 11.3 Å². The largest absolute Gasteiger partial charge is 0.297 e. The highest BCUT2D eigenvalue weighted by Crippen LogP contribution is 2.29. The number of halogens is 1. The average molecular weight is 235 g/mol. The van der Waals surface area contributed by atoms with Crippen LogP contribution in [0, 0.1) is 5.82 Å². The molecule has 0 aliphatic rings. The van der Waals surface area contributed by atoms with E-state index in [1.807, 2.05) is 6.92 Å². The second-order valence-electron chi connectivity index (χ2n) is 3.28. The summed E-state index contributed by atoms with van der Waals surface area (Å²) in [5.41, 5.74) is 1.19. The van der Waals surface area contributed by atoms with Crippen LogP contribution in [0.4, 0.5) is 4.39 Å². The maximum absolute atomic E-state index is 13.5. The zero-order valence-corrected chi connectivity index (χ0v) is 9.55. The molecule has 0 unspecified atom stereocenters. The molecule has 0 spiro atoms. The second-order valence-corrected chi connectivity index (χ2v) is 4.31. The van der Waals surface area contributed by atoms with Gasteiger partial charge in [0, 0.05) is 5.56 Å². The van der Waals surface area contributed by atoms with Crippen molar-refractivity contribution in [3.8, 4) is 10.6 Å². The third-order valence-corrected chi connectivity index (χ3v) is 3.33. The second kappa shape index (κ2) is 4.53. The van der Waals surface area contributed by atoms with Gasteiger partial charge in [0.1, 0.15) is 10.8 Å². The lowest BCUT2D eigenvalue weighted by molar-refractivity contribution is 0.112. The van der Waals surface area contributed by atoms with Gasteiger partial charge in [-0.15, -0.1) is 11.3 Å². The van der Waals surface area contributed by atoms with Crippen LogP contribution in [-0.4, -0.2) is 11.3 Å². The fraction of sp³-hybridized carbons (Fsp3) is 0.167. The predicted octanol–water partition coefficient (Wildman–Crippen LogP) is 3.32. The van der Waals surface area contributed by atoms with Gasteiger partial charge in [-0.3, -0.25) is 4.79 Å². The third kappa shape index (κ3) is 1.88. The van der Waals surface area contributed by atoms with E-state index in [2.05, 4.69) is 4.98 Å². The summed E-state index contributed by atoms with van der Waals surface area (Å²) in [5, 5.41) is 0.567. The van der Waals surface area contributed by atoms with Gasteiger partial charge in [0.25, 0.3) is 0 Å². The molecule has 16 heavy (non-hydrogen) atoms. The van der Waals surface area contributed by atoms with Crippen molar-refractivity contribution in [3.63, 3.8) is 0 Å². The number of nitrogens with zero attached hydrogens (tertiary/aromatic N) is 1. The molecule has 1 aromatic heterocycles. The minimum absolute atomic E-state index is 0.309. The Morgan fingerprint density at radius 2 is 2.19 bits per heavy atom. The van der Waals surface area contributed by atoms with Crippen molar-refractivity contribution in [1.82, 2.24) is 4.98 Å². The van der Waals surface area contributed by atoms with Crippen molar-refractivity contribution in [1.29, 1.82) is 0 Å². The summed E-state index contributed by atoms with van der Waals surface area (Å²) in [5.74, 6) is -0.309. The number of carbonyl (C=O) groups is 1. The van der Waals surface area contributed by atoms with Crippen LogP contribution in [0.25, 0.3) is 10.6 Å². The number of hydrogen-bond donors (Lipinski definition) is 0. The number of thiazole rings is 1. The zero-order chi connectivity index (χ0) is 11.5. The molecule has 2 aromatic rings. The predicted molar refractivity (Wildman–Crippen MR) is 62.3 cm³/mol. The summed E-state index contributed by atoms with van der Waals surface area (Å²) in [4.78, 5) is 15.7. The first-order valence-electron chi connectivity index (χ1n) is 4.96. The summed E-state index contributed by atoms with van der Waals surface area (Å²) >= 11 is 1.23. The fourth-order valence-corrected chi connectivity index (χ4v) is 2.45. The molecule has 0 amide bonds. The summed E-state index contributed by atoms with van der Waals surface area (Å²) in [6.07, 6.45) is 1.46. The molecule has 0 bridgehead atoms. The van der Waals surface area contributed by atoms with E-state index in [0.29, 0.717) is 21.9 Å². The van der Waals surface area contributed by atoms with E-state index in [9.17, 15) is 9.18 Å². The molecule has 0 aliphatic carbocycles. The van der Waals surface area contributed by atoms with E-state index in [-0.39, 0.29) is 5.82 Å². The highest BCUT2D eigenvalue weighted by atomic mass is 32.1. The smallest absolute Gasteiger partial charge is 0.161 e. The Kier molecular flexibility index (Phi) is 3.10. The van der Waals surface area contributed by atoms with Crippen LogP contribution < -0.4 is 0 Å². The van der Waals surface area contributed by atoms with Gasteiger partial charge in [0.15, 0.2) is 6.29 Å². The molecule has 2 nitrogen and oxygen atoms in total.